The first kappa shape index (κ1) is 6.88. The molecule has 0 aliphatic heterocycles. The van der Waals surface area contributed by atoms with Gasteiger partial charge in [-0.05, 0) is 12.8 Å². The minimum atomic E-state index is 0.218. The zero-order valence-electron chi connectivity index (χ0n) is 5.76. The van der Waals surface area contributed by atoms with E-state index in [4.69, 9.17) is 11.6 Å². The van der Waals surface area contributed by atoms with Crippen LogP contribution in [0.2, 0.25) is 0 Å². The number of rotatable bonds is 0. The Labute approximate surface area is 61.2 Å². The largest absolute Gasteiger partial charge is 0.118 e. The summed E-state index contributed by atoms with van der Waals surface area (Å²) in [4.78, 5) is 0. The third kappa shape index (κ3) is 1.36. The van der Waals surface area contributed by atoms with Crippen LogP contribution in [0.5, 0.6) is 0 Å². The molecule has 2 unspecified atom stereocenters. The summed E-state index contributed by atoms with van der Waals surface area (Å²) in [5.74, 6) is 0.497. The lowest BCUT2D eigenvalue weighted by Crippen LogP contribution is -2.12. The normalized spacial score (nSPS) is 34.3. The van der Waals surface area contributed by atoms with E-state index in [0.29, 0.717) is 5.92 Å². The van der Waals surface area contributed by atoms with Crippen LogP contribution in [-0.2, 0) is 0 Å². The van der Waals surface area contributed by atoms with Gasteiger partial charge in [0.25, 0.3) is 0 Å². The van der Waals surface area contributed by atoms with E-state index in [0.717, 1.165) is 0 Å². The summed E-state index contributed by atoms with van der Waals surface area (Å²) >= 11 is 6.00. The van der Waals surface area contributed by atoms with Gasteiger partial charge in [-0.2, -0.15) is 0 Å². The van der Waals surface area contributed by atoms with Crippen LogP contribution in [0, 0.1) is 5.92 Å². The summed E-state index contributed by atoms with van der Waals surface area (Å²) in [6.07, 6.45) is 6.27. The fraction of sp³-hybridized carbons (Fsp3) is 0.500. The van der Waals surface area contributed by atoms with Gasteiger partial charge >= 0.3 is 0 Å². The van der Waals surface area contributed by atoms with Crippen molar-refractivity contribution in [2.45, 2.75) is 19.2 Å². The Hall–Kier alpha value is -0.230. The maximum Gasteiger partial charge on any atom is 0.0605 e. The number of allylic oxidation sites excluding steroid dienone is 4. The molecule has 0 fully saturated rings. The summed E-state index contributed by atoms with van der Waals surface area (Å²) in [6, 6.07) is 0. The van der Waals surface area contributed by atoms with E-state index in [1.807, 2.05) is 0 Å². The zero-order chi connectivity index (χ0) is 6.85. The van der Waals surface area contributed by atoms with Crippen molar-refractivity contribution in [1.29, 1.82) is 0 Å². The van der Waals surface area contributed by atoms with Gasteiger partial charge in [-0.1, -0.05) is 30.7 Å². The molecule has 2 atom stereocenters. The molecule has 0 radical (unpaired) electrons. The fourth-order valence-corrected chi connectivity index (χ4v) is 1.14. The monoisotopic (exact) mass is 142 g/mol. The van der Waals surface area contributed by atoms with E-state index in [1.165, 1.54) is 5.57 Å². The predicted octanol–water partition coefficient (Wildman–Crippen LogP) is 2.75. The molecule has 0 saturated carbocycles. The van der Waals surface area contributed by atoms with Gasteiger partial charge in [0.05, 0.1) is 5.38 Å². The molecule has 1 heteroatoms. The van der Waals surface area contributed by atoms with E-state index < -0.39 is 0 Å². The lowest BCUT2D eigenvalue weighted by atomic mass is 9.97. The smallest absolute Gasteiger partial charge is 0.0605 e. The molecule has 0 bridgehead atoms. The zero-order valence-corrected chi connectivity index (χ0v) is 6.52. The molecular weight excluding hydrogens is 132 g/mol. The van der Waals surface area contributed by atoms with Crippen molar-refractivity contribution in [3.63, 3.8) is 0 Å². The van der Waals surface area contributed by atoms with Crippen LogP contribution >= 0.6 is 11.6 Å². The van der Waals surface area contributed by atoms with E-state index in [1.54, 1.807) is 0 Å². The Morgan fingerprint density at radius 3 is 2.67 bits per heavy atom. The second-order valence-corrected chi connectivity index (χ2v) is 3.03. The highest BCUT2D eigenvalue weighted by atomic mass is 35.5. The van der Waals surface area contributed by atoms with Crippen molar-refractivity contribution in [3.8, 4) is 0 Å². The van der Waals surface area contributed by atoms with Crippen molar-refractivity contribution >= 4 is 11.6 Å². The number of alkyl halides is 1. The summed E-state index contributed by atoms with van der Waals surface area (Å²) in [7, 11) is 0. The third-order valence-electron chi connectivity index (χ3n) is 1.67. The van der Waals surface area contributed by atoms with Crippen LogP contribution in [0.4, 0.5) is 0 Å². The number of hydrogen-bond donors (Lipinski definition) is 0. The summed E-state index contributed by atoms with van der Waals surface area (Å²) in [5.41, 5.74) is 1.27. The summed E-state index contributed by atoms with van der Waals surface area (Å²) in [5, 5.41) is 0.218. The van der Waals surface area contributed by atoms with Gasteiger partial charge in [0, 0.05) is 0 Å². The Morgan fingerprint density at radius 2 is 2.22 bits per heavy atom. The van der Waals surface area contributed by atoms with Gasteiger partial charge in [0.1, 0.15) is 0 Å². The minimum absolute atomic E-state index is 0.218. The molecular formula is C8H11Cl. The molecule has 0 aromatic carbocycles. The molecule has 0 spiro atoms. The van der Waals surface area contributed by atoms with Crippen LogP contribution in [0.15, 0.2) is 23.8 Å². The standard InChI is InChI=1S/C8H11Cl/c1-6-4-3-5-7(2)8(6)9/h3-6,8H,1-2H3. The average Bonchev–Trinajstić information content (AvgIpc) is 1.83. The first-order valence-corrected chi connectivity index (χ1v) is 3.64. The quantitative estimate of drug-likeness (QED) is 0.457. The molecule has 0 heterocycles. The molecule has 0 aromatic heterocycles. The highest BCUT2D eigenvalue weighted by Crippen LogP contribution is 2.23. The molecule has 50 valence electrons. The molecule has 0 nitrogen and oxygen atoms in total. The van der Waals surface area contributed by atoms with Crippen LogP contribution in [-0.4, -0.2) is 5.38 Å². The number of halogens is 1. The summed E-state index contributed by atoms with van der Waals surface area (Å²) in [6.45, 7) is 4.20. The Bertz CT molecular complexity index is 156. The molecule has 1 aliphatic rings. The maximum atomic E-state index is 6.00. The highest BCUT2D eigenvalue weighted by Gasteiger charge is 2.14. The Balaban J connectivity index is 2.73. The molecule has 0 saturated heterocycles. The molecule has 1 aliphatic carbocycles. The topological polar surface area (TPSA) is 0 Å². The molecule has 1 rings (SSSR count). The summed E-state index contributed by atoms with van der Waals surface area (Å²) < 4.78 is 0. The van der Waals surface area contributed by atoms with Crippen molar-refractivity contribution in [1.82, 2.24) is 0 Å². The SMILES string of the molecule is CC1=CC=CC(C)C1Cl. The van der Waals surface area contributed by atoms with E-state index in [2.05, 4.69) is 32.1 Å². The van der Waals surface area contributed by atoms with Gasteiger partial charge in [-0.15, -0.1) is 11.6 Å². The lowest BCUT2D eigenvalue weighted by molar-refractivity contribution is 0.716. The van der Waals surface area contributed by atoms with Crippen LogP contribution in [0.1, 0.15) is 13.8 Å². The second-order valence-electron chi connectivity index (χ2n) is 2.56. The maximum absolute atomic E-state index is 6.00. The van der Waals surface area contributed by atoms with Crippen molar-refractivity contribution in [2.75, 3.05) is 0 Å². The highest BCUT2D eigenvalue weighted by molar-refractivity contribution is 6.22. The molecule has 0 aromatic rings. The van der Waals surface area contributed by atoms with Crippen molar-refractivity contribution in [3.05, 3.63) is 23.8 Å². The van der Waals surface area contributed by atoms with Crippen LogP contribution < -0.4 is 0 Å². The van der Waals surface area contributed by atoms with Gasteiger partial charge in [-0.25, -0.2) is 0 Å². The van der Waals surface area contributed by atoms with Gasteiger partial charge in [0.15, 0.2) is 0 Å². The average molecular weight is 143 g/mol. The van der Waals surface area contributed by atoms with Crippen LogP contribution in [0.3, 0.4) is 0 Å². The Morgan fingerprint density at radius 1 is 1.56 bits per heavy atom. The first-order valence-electron chi connectivity index (χ1n) is 3.21. The fourth-order valence-electron chi connectivity index (χ4n) is 0.987. The van der Waals surface area contributed by atoms with Gasteiger partial charge < -0.3 is 0 Å². The van der Waals surface area contributed by atoms with Gasteiger partial charge in [-0.3, -0.25) is 0 Å². The first-order chi connectivity index (χ1) is 4.22. The minimum Gasteiger partial charge on any atom is -0.118 e. The molecule has 0 amide bonds. The van der Waals surface area contributed by atoms with Crippen molar-refractivity contribution < 1.29 is 0 Å². The molecule has 9 heavy (non-hydrogen) atoms. The third-order valence-corrected chi connectivity index (χ3v) is 2.41. The second kappa shape index (κ2) is 2.57. The predicted molar refractivity (Wildman–Crippen MR) is 41.7 cm³/mol. The van der Waals surface area contributed by atoms with E-state index in [9.17, 15) is 0 Å². The van der Waals surface area contributed by atoms with E-state index in [-0.39, 0.29) is 5.38 Å². The Kier molecular flexibility index (Phi) is 1.97. The lowest BCUT2D eigenvalue weighted by Gasteiger charge is -2.17. The van der Waals surface area contributed by atoms with Gasteiger partial charge in [0.2, 0.25) is 0 Å². The van der Waals surface area contributed by atoms with Crippen LogP contribution in [0.25, 0.3) is 0 Å². The number of hydrogen-bond acceptors (Lipinski definition) is 0. The van der Waals surface area contributed by atoms with Crippen molar-refractivity contribution in [2.24, 2.45) is 5.92 Å². The molecule has 0 N–H and O–H groups in total. The van der Waals surface area contributed by atoms with E-state index >= 15 is 0 Å².